The highest BCUT2D eigenvalue weighted by Crippen LogP contribution is 2.50. The van der Waals surface area contributed by atoms with Crippen LogP contribution in [0.5, 0.6) is 0 Å². The van der Waals surface area contributed by atoms with Crippen LogP contribution in [0.2, 0.25) is 0 Å². The first-order chi connectivity index (χ1) is 14.0. The third kappa shape index (κ3) is 2.83. The van der Waals surface area contributed by atoms with Crippen molar-refractivity contribution in [3.8, 4) is 0 Å². The number of amides is 2. The first kappa shape index (κ1) is 18.2. The summed E-state index contributed by atoms with van der Waals surface area (Å²) in [6.07, 6.45) is 0.519. The van der Waals surface area contributed by atoms with E-state index < -0.39 is 17.4 Å². The number of carbonyl (C=O) groups excluding carboxylic acids is 2. The zero-order valence-corrected chi connectivity index (χ0v) is 15.7. The number of hydrogen-bond donors (Lipinski definition) is 0. The normalized spacial score (nSPS) is 28.0. The molecular formula is C22H20F2N2O3. The maximum Gasteiger partial charge on any atom is 0.227 e. The van der Waals surface area contributed by atoms with Crippen molar-refractivity contribution in [2.45, 2.75) is 37.1 Å². The van der Waals surface area contributed by atoms with Crippen LogP contribution in [0.1, 0.15) is 30.1 Å². The second kappa shape index (κ2) is 6.62. The van der Waals surface area contributed by atoms with Crippen LogP contribution < -0.4 is 0 Å². The van der Waals surface area contributed by atoms with E-state index in [0.717, 1.165) is 17.7 Å². The molecule has 3 fully saturated rings. The van der Waals surface area contributed by atoms with Gasteiger partial charge in [0.25, 0.3) is 0 Å². The van der Waals surface area contributed by atoms with Crippen molar-refractivity contribution in [1.29, 1.82) is 0 Å². The van der Waals surface area contributed by atoms with Crippen molar-refractivity contribution in [3.63, 3.8) is 0 Å². The highest BCUT2D eigenvalue weighted by atomic mass is 19.2. The molecule has 3 atom stereocenters. The second-order valence-corrected chi connectivity index (χ2v) is 7.85. The highest BCUT2D eigenvalue weighted by Gasteiger charge is 2.64. The van der Waals surface area contributed by atoms with E-state index in [0.29, 0.717) is 25.1 Å². The minimum atomic E-state index is -0.972. The van der Waals surface area contributed by atoms with Crippen LogP contribution >= 0.6 is 0 Å². The molecule has 29 heavy (non-hydrogen) atoms. The molecular weight excluding hydrogens is 378 g/mol. The number of rotatable bonds is 3. The molecule has 7 heteroatoms. The zero-order chi connectivity index (χ0) is 20.2. The Morgan fingerprint density at radius 3 is 2.69 bits per heavy atom. The quantitative estimate of drug-likeness (QED) is 0.799. The topological polar surface area (TPSA) is 49.9 Å². The number of benzene rings is 2. The van der Waals surface area contributed by atoms with E-state index in [4.69, 9.17) is 4.74 Å². The van der Waals surface area contributed by atoms with E-state index >= 15 is 0 Å². The maximum absolute atomic E-state index is 13.5. The van der Waals surface area contributed by atoms with E-state index in [1.165, 1.54) is 6.07 Å². The summed E-state index contributed by atoms with van der Waals surface area (Å²) in [5.74, 6) is -2.14. The van der Waals surface area contributed by atoms with Crippen molar-refractivity contribution in [2.24, 2.45) is 0 Å². The molecule has 0 aliphatic carbocycles. The van der Waals surface area contributed by atoms with E-state index in [9.17, 15) is 18.4 Å². The molecule has 2 aromatic carbocycles. The molecule has 5 nitrogen and oxygen atoms in total. The van der Waals surface area contributed by atoms with Crippen molar-refractivity contribution in [3.05, 3.63) is 71.3 Å². The molecule has 0 unspecified atom stereocenters. The van der Waals surface area contributed by atoms with Gasteiger partial charge < -0.3 is 14.5 Å². The minimum absolute atomic E-state index is 0.0150. The van der Waals surface area contributed by atoms with Crippen LogP contribution in [0.25, 0.3) is 0 Å². The third-order valence-corrected chi connectivity index (χ3v) is 6.26. The lowest BCUT2D eigenvalue weighted by molar-refractivity contribution is -0.142. The van der Waals surface area contributed by atoms with E-state index in [1.54, 1.807) is 9.80 Å². The van der Waals surface area contributed by atoms with E-state index in [2.05, 4.69) is 0 Å². The Morgan fingerprint density at radius 1 is 1.14 bits per heavy atom. The average molecular weight is 398 g/mol. The van der Waals surface area contributed by atoms with Gasteiger partial charge in [0.1, 0.15) is 6.10 Å². The lowest BCUT2D eigenvalue weighted by atomic mass is 10.1. The van der Waals surface area contributed by atoms with Gasteiger partial charge in [-0.2, -0.15) is 0 Å². The van der Waals surface area contributed by atoms with Gasteiger partial charge in [0, 0.05) is 13.0 Å². The molecule has 3 aliphatic rings. The molecule has 0 aromatic heterocycles. The molecule has 0 N–H and O–H groups in total. The van der Waals surface area contributed by atoms with Crippen molar-refractivity contribution < 1.29 is 23.1 Å². The summed E-state index contributed by atoms with van der Waals surface area (Å²) in [4.78, 5) is 29.0. The van der Waals surface area contributed by atoms with Crippen LogP contribution in [0, 0.1) is 11.6 Å². The molecule has 0 radical (unpaired) electrons. The lowest BCUT2D eigenvalue weighted by Crippen LogP contribution is -2.49. The second-order valence-electron chi connectivity index (χ2n) is 7.85. The van der Waals surface area contributed by atoms with Gasteiger partial charge in [-0.05, 0) is 23.3 Å². The summed E-state index contributed by atoms with van der Waals surface area (Å²) < 4.78 is 33.1. The largest absolute Gasteiger partial charge is 0.343 e. The Balaban J connectivity index is 1.37. The number of ether oxygens (including phenoxy) is 1. The van der Waals surface area contributed by atoms with Gasteiger partial charge in [0.15, 0.2) is 17.4 Å². The number of likely N-dealkylation sites (tertiary alicyclic amines) is 1. The van der Waals surface area contributed by atoms with Gasteiger partial charge in [-0.3, -0.25) is 9.59 Å². The van der Waals surface area contributed by atoms with Crippen molar-refractivity contribution >= 4 is 11.8 Å². The Bertz CT molecular complexity index is 983. The first-order valence-corrected chi connectivity index (χ1v) is 9.74. The Morgan fingerprint density at radius 2 is 1.93 bits per heavy atom. The average Bonchev–Trinajstić information content (AvgIpc) is 3.34. The number of carbonyl (C=O) groups is 2. The fourth-order valence-electron chi connectivity index (χ4n) is 4.89. The van der Waals surface area contributed by atoms with Crippen LogP contribution in [0.4, 0.5) is 8.78 Å². The summed E-state index contributed by atoms with van der Waals surface area (Å²) in [7, 11) is 0. The molecule has 0 bridgehead atoms. The molecule has 3 aliphatic heterocycles. The van der Waals surface area contributed by atoms with Gasteiger partial charge in [-0.15, -0.1) is 0 Å². The summed E-state index contributed by atoms with van der Waals surface area (Å²) in [5, 5.41) is 0. The molecule has 3 saturated heterocycles. The predicted octanol–water partition coefficient (Wildman–Crippen LogP) is 2.81. The van der Waals surface area contributed by atoms with E-state index in [1.807, 2.05) is 30.3 Å². The van der Waals surface area contributed by atoms with Gasteiger partial charge >= 0.3 is 0 Å². The molecule has 1 spiro atoms. The van der Waals surface area contributed by atoms with Crippen LogP contribution in [0.3, 0.4) is 0 Å². The molecule has 0 saturated carbocycles. The minimum Gasteiger partial charge on any atom is -0.343 e. The zero-order valence-electron chi connectivity index (χ0n) is 15.7. The number of halogens is 2. The van der Waals surface area contributed by atoms with Crippen LogP contribution in [-0.4, -0.2) is 46.5 Å². The van der Waals surface area contributed by atoms with Crippen LogP contribution in [0.15, 0.2) is 48.5 Å². The van der Waals surface area contributed by atoms with Gasteiger partial charge in [0.2, 0.25) is 11.8 Å². The molecule has 3 heterocycles. The monoisotopic (exact) mass is 398 g/mol. The standard InChI is InChI=1S/C22H20F2N2O3/c23-16-7-6-14(10-17(16)24)11-20(27)25-9-8-22-19(25)12-21(28)26(22)13-18(29-22)15-4-2-1-3-5-15/h1-7,10,18-19H,8-9,11-13H2/t18-,19-,22+/m1/s1. The van der Waals surface area contributed by atoms with Crippen LogP contribution in [-0.2, 0) is 20.7 Å². The van der Waals surface area contributed by atoms with Gasteiger partial charge in [-0.1, -0.05) is 36.4 Å². The van der Waals surface area contributed by atoms with Crippen molar-refractivity contribution in [1.82, 2.24) is 9.80 Å². The maximum atomic E-state index is 13.5. The fourth-order valence-corrected chi connectivity index (χ4v) is 4.89. The highest BCUT2D eigenvalue weighted by molar-refractivity contribution is 5.85. The third-order valence-electron chi connectivity index (χ3n) is 6.26. The Hall–Kier alpha value is -2.80. The summed E-state index contributed by atoms with van der Waals surface area (Å²) in [6.45, 7) is 0.947. The summed E-state index contributed by atoms with van der Waals surface area (Å²) in [6, 6.07) is 12.9. The Labute approximate surface area is 166 Å². The summed E-state index contributed by atoms with van der Waals surface area (Å²) >= 11 is 0. The van der Waals surface area contributed by atoms with E-state index in [-0.39, 0.29) is 36.8 Å². The Kier molecular flexibility index (Phi) is 4.17. The summed E-state index contributed by atoms with van der Waals surface area (Å²) in [5.41, 5.74) is 0.626. The lowest BCUT2D eigenvalue weighted by Gasteiger charge is -2.32. The molecule has 5 rings (SSSR count). The van der Waals surface area contributed by atoms with Gasteiger partial charge in [0.05, 0.1) is 25.4 Å². The molecule has 2 aromatic rings. The fraction of sp³-hybridized carbons (Fsp3) is 0.364. The van der Waals surface area contributed by atoms with Crippen molar-refractivity contribution in [2.75, 3.05) is 13.1 Å². The van der Waals surface area contributed by atoms with Gasteiger partial charge in [-0.25, -0.2) is 8.78 Å². The SMILES string of the molecule is O=C(Cc1ccc(F)c(F)c1)N1CC[C@@]23O[C@@H](c4ccccc4)CN2C(=O)C[C@@H]13. The molecule has 2 amide bonds. The first-order valence-electron chi connectivity index (χ1n) is 9.74. The number of hydrogen-bond acceptors (Lipinski definition) is 3. The predicted molar refractivity (Wildman–Crippen MR) is 99.5 cm³/mol. The smallest absolute Gasteiger partial charge is 0.227 e. The molecule has 150 valence electrons. The number of nitrogens with zero attached hydrogens (tertiary/aromatic N) is 2.